The number of carbonyl (C=O) groups is 1. The van der Waals surface area contributed by atoms with Crippen LogP contribution in [-0.4, -0.2) is 47.8 Å². The van der Waals surface area contributed by atoms with Gasteiger partial charge in [-0.05, 0) is 55.3 Å². The molecule has 1 aliphatic heterocycles. The van der Waals surface area contributed by atoms with Gasteiger partial charge in [-0.25, -0.2) is 14.4 Å². The SMILES string of the molecule is Cc1ccc(C)c(NC(=O)CSc2cc(N3CCN(c4ccc(F)cc4)CC3)ncn2)c1. The summed E-state index contributed by atoms with van der Waals surface area (Å²) in [4.78, 5) is 25.6. The Hall–Kier alpha value is -3.13. The molecular weight excluding hydrogens is 425 g/mol. The van der Waals surface area contributed by atoms with Gasteiger partial charge in [0.2, 0.25) is 5.91 Å². The molecule has 32 heavy (non-hydrogen) atoms. The Morgan fingerprint density at radius 2 is 1.72 bits per heavy atom. The highest BCUT2D eigenvalue weighted by Crippen LogP contribution is 2.23. The van der Waals surface area contributed by atoms with Gasteiger partial charge in [-0.1, -0.05) is 23.9 Å². The summed E-state index contributed by atoms with van der Waals surface area (Å²) in [6.07, 6.45) is 1.55. The van der Waals surface area contributed by atoms with Crippen LogP contribution in [0.3, 0.4) is 0 Å². The fraction of sp³-hybridized carbons (Fsp3) is 0.292. The van der Waals surface area contributed by atoms with Gasteiger partial charge in [0.1, 0.15) is 23.0 Å². The molecule has 2 heterocycles. The maximum atomic E-state index is 13.2. The van der Waals surface area contributed by atoms with E-state index in [9.17, 15) is 9.18 Å². The molecule has 0 atom stereocenters. The van der Waals surface area contributed by atoms with Crippen LogP contribution in [0.2, 0.25) is 0 Å². The smallest absolute Gasteiger partial charge is 0.234 e. The summed E-state index contributed by atoms with van der Waals surface area (Å²) in [5.41, 5.74) is 4.02. The Morgan fingerprint density at radius 3 is 2.47 bits per heavy atom. The Labute approximate surface area is 191 Å². The zero-order valence-corrected chi connectivity index (χ0v) is 19.0. The van der Waals surface area contributed by atoms with E-state index in [4.69, 9.17) is 0 Å². The van der Waals surface area contributed by atoms with Gasteiger partial charge in [0, 0.05) is 43.6 Å². The fourth-order valence-corrected chi connectivity index (χ4v) is 4.29. The van der Waals surface area contributed by atoms with E-state index in [0.29, 0.717) is 0 Å². The van der Waals surface area contributed by atoms with E-state index in [0.717, 1.165) is 59.5 Å². The summed E-state index contributed by atoms with van der Waals surface area (Å²) < 4.78 is 13.2. The van der Waals surface area contributed by atoms with Crippen LogP contribution in [0.25, 0.3) is 0 Å². The van der Waals surface area contributed by atoms with Crippen molar-refractivity contribution in [2.45, 2.75) is 18.9 Å². The van der Waals surface area contributed by atoms with Crippen molar-refractivity contribution < 1.29 is 9.18 Å². The van der Waals surface area contributed by atoms with Crippen molar-refractivity contribution in [3.05, 3.63) is 71.8 Å². The van der Waals surface area contributed by atoms with Crippen LogP contribution in [0.15, 0.2) is 59.9 Å². The minimum Gasteiger partial charge on any atom is -0.368 e. The Morgan fingerprint density at radius 1 is 1.00 bits per heavy atom. The van der Waals surface area contributed by atoms with Crippen molar-refractivity contribution in [3.8, 4) is 0 Å². The van der Waals surface area contributed by atoms with Crippen LogP contribution in [0.4, 0.5) is 21.6 Å². The van der Waals surface area contributed by atoms with E-state index in [-0.39, 0.29) is 17.5 Å². The second-order valence-corrected chi connectivity index (χ2v) is 8.82. The number of carbonyl (C=O) groups excluding carboxylic acids is 1. The quantitative estimate of drug-likeness (QED) is 0.446. The lowest BCUT2D eigenvalue weighted by Crippen LogP contribution is -2.46. The summed E-state index contributed by atoms with van der Waals surface area (Å²) in [6, 6.07) is 14.6. The van der Waals surface area contributed by atoms with Crippen molar-refractivity contribution in [1.82, 2.24) is 9.97 Å². The van der Waals surface area contributed by atoms with Gasteiger partial charge in [-0.3, -0.25) is 4.79 Å². The Balaban J connectivity index is 1.31. The van der Waals surface area contributed by atoms with E-state index in [1.54, 1.807) is 6.33 Å². The van der Waals surface area contributed by atoms with E-state index >= 15 is 0 Å². The van der Waals surface area contributed by atoms with E-state index in [2.05, 4.69) is 25.1 Å². The molecule has 3 aromatic rings. The lowest BCUT2D eigenvalue weighted by molar-refractivity contribution is -0.113. The zero-order valence-electron chi connectivity index (χ0n) is 18.2. The molecule has 0 radical (unpaired) electrons. The van der Waals surface area contributed by atoms with E-state index in [1.807, 2.05) is 50.2 Å². The number of hydrogen-bond donors (Lipinski definition) is 1. The first-order valence-corrected chi connectivity index (χ1v) is 11.5. The number of amides is 1. The Bertz CT molecular complexity index is 1080. The largest absolute Gasteiger partial charge is 0.368 e. The molecule has 1 fully saturated rings. The minimum atomic E-state index is -0.221. The normalized spacial score (nSPS) is 13.8. The monoisotopic (exact) mass is 451 g/mol. The highest BCUT2D eigenvalue weighted by molar-refractivity contribution is 7.99. The number of thioether (sulfide) groups is 1. The van der Waals surface area contributed by atoms with Gasteiger partial charge in [0.25, 0.3) is 0 Å². The minimum absolute atomic E-state index is 0.0585. The van der Waals surface area contributed by atoms with Gasteiger partial charge in [-0.2, -0.15) is 0 Å². The Kier molecular flexibility index (Phi) is 6.90. The van der Waals surface area contributed by atoms with E-state index < -0.39 is 0 Å². The average molecular weight is 452 g/mol. The second-order valence-electron chi connectivity index (χ2n) is 7.82. The highest BCUT2D eigenvalue weighted by atomic mass is 32.2. The van der Waals surface area contributed by atoms with E-state index in [1.165, 1.54) is 23.9 Å². The summed E-state index contributed by atoms with van der Waals surface area (Å²) in [7, 11) is 0. The lowest BCUT2D eigenvalue weighted by atomic mass is 10.1. The zero-order chi connectivity index (χ0) is 22.5. The maximum Gasteiger partial charge on any atom is 0.234 e. The van der Waals surface area contributed by atoms with Gasteiger partial charge in [0.15, 0.2) is 0 Å². The van der Waals surface area contributed by atoms with Crippen molar-refractivity contribution in [3.63, 3.8) is 0 Å². The van der Waals surface area contributed by atoms with Gasteiger partial charge >= 0.3 is 0 Å². The molecule has 166 valence electrons. The second kappa shape index (κ2) is 9.99. The number of aryl methyl sites for hydroxylation is 2. The molecule has 0 bridgehead atoms. The van der Waals surface area contributed by atoms with Crippen molar-refractivity contribution in [2.75, 3.05) is 47.0 Å². The van der Waals surface area contributed by atoms with Gasteiger partial charge < -0.3 is 15.1 Å². The molecule has 6 nitrogen and oxygen atoms in total. The predicted octanol–water partition coefficient (Wildman–Crippen LogP) is 4.29. The molecule has 1 amide bonds. The standard InChI is InChI=1S/C24H26FN5OS/c1-17-3-4-18(2)21(13-17)28-23(31)15-32-24-14-22(26-16-27-24)30-11-9-29(10-12-30)20-7-5-19(25)6-8-20/h3-8,13-14,16H,9-12,15H2,1-2H3,(H,28,31). The van der Waals surface area contributed by atoms with Crippen LogP contribution >= 0.6 is 11.8 Å². The molecule has 0 aliphatic carbocycles. The van der Waals surface area contributed by atoms with Crippen molar-refractivity contribution in [2.24, 2.45) is 0 Å². The molecule has 0 spiro atoms. The van der Waals surface area contributed by atoms with Gasteiger partial charge in [-0.15, -0.1) is 0 Å². The number of nitrogens with one attached hydrogen (secondary N) is 1. The third-order valence-corrected chi connectivity index (χ3v) is 6.37. The van der Waals surface area contributed by atoms with Crippen LogP contribution in [-0.2, 0) is 4.79 Å². The summed E-state index contributed by atoms with van der Waals surface area (Å²) in [6.45, 7) is 7.27. The first-order valence-electron chi connectivity index (χ1n) is 10.6. The first-order chi connectivity index (χ1) is 15.5. The molecule has 1 aliphatic rings. The lowest BCUT2D eigenvalue weighted by Gasteiger charge is -2.36. The number of aromatic nitrogens is 2. The first kappa shape index (κ1) is 22.1. The molecule has 2 aromatic carbocycles. The van der Waals surface area contributed by atoms with Crippen LogP contribution < -0.4 is 15.1 Å². The molecule has 1 N–H and O–H groups in total. The molecule has 8 heteroatoms. The molecule has 4 rings (SSSR count). The third-order valence-electron chi connectivity index (χ3n) is 5.44. The number of anilines is 3. The molecule has 0 saturated carbocycles. The van der Waals surface area contributed by atoms with Crippen molar-refractivity contribution in [1.29, 1.82) is 0 Å². The molecule has 1 aromatic heterocycles. The van der Waals surface area contributed by atoms with Crippen LogP contribution in [0.5, 0.6) is 0 Å². The summed E-state index contributed by atoms with van der Waals surface area (Å²) in [5.74, 6) is 0.858. The topological polar surface area (TPSA) is 61.4 Å². The summed E-state index contributed by atoms with van der Waals surface area (Å²) >= 11 is 1.40. The fourth-order valence-electron chi connectivity index (χ4n) is 3.62. The van der Waals surface area contributed by atoms with Crippen LogP contribution in [0.1, 0.15) is 11.1 Å². The highest BCUT2D eigenvalue weighted by Gasteiger charge is 2.19. The number of piperazine rings is 1. The number of benzene rings is 2. The molecule has 0 unspecified atom stereocenters. The third kappa shape index (κ3) is 5.56. The number of halogens is 1. The summed E-state index contributed by atoms with van der Waals surface area (Å²) in [5, 5.41) is 3.75. The number of hydrogen-bond acceptors (Lipinski definition) is 6. The molecular formula is C24H26FN5OS. The number of nitrogens with zero attached hydrogens (tertiary/aromatic N) is 4. The van der Waals surface area contributed by atoms with Crippen molar-refractivity contribution >= 4 is 34.9 Å². The maximum absolute atomic E-state index is 13.2. The predicted molar refractivity (Wildman–Crippen MR) is 128 cm³/mol. The van der Waals surface area contributed by atoms with Crippen LogP contribution in [0, 0.1) is 19.7 Å². The average Bonchev–Trinajstić information content (AvgIpc) is 2.81. The molecule has 1 saturated heterocycles. The van der Waals surface area contributed by atoms with Gasteiger partial charge in [0.05, 0.1) is 5.75 Å². The number of rotatable bonds is 6.